The monoisotopic (exact) mass is 391 g/mol. The number of nitrogens with one attached hydrogen (secondary N) is 1. The molecule has 5 nitrogen and oxygen atoms in total. The Hall–Kier alpha value is -0.430. The standard InChI is InChI=1S/C21H37N5S/c1-3-23-5-7-24(8-6-23)15-26-20(27)25(4-2)19(22-26)21-12-16-9-17(13-21)11-18(10-16)14-21/h16-19,22H,3-15H2,1-2H3. The minimum atomic E-state index is 0.431. The van der Waals surface area contributed by atoms with E-state index in [0.717, 1.165) is 49.2 Å². The third kappa shape index (κ3) is 3.21. The van der Waals surface area contributed by atoms with Gasteiger partial charge in [0.1, 0.15) is 6.17 Å². The van der Waals surface area contributed by atoms with Crippen LogP contribution in [0.1, 0.15) is 52.4 Å². The Bertz CT molecular complexity index is 538. The van der Waals surface area contributed by atoms with Crippen molar-refractivity contribution in [1.29, 1.82) is 0 Å². The van der Waals surface area contributed by atoms with Crippen LogP contribution in [0.3, 0.4) is 0 Å². The van der Waals surface area contributed by atoms with Gasteiger partial charge in [-0.2, -0.15) is 0 Å². The zero-order valence-electron chi connectivity index (χ0n) is 17.2. The van der Waals surface area contributed by atoms with E-state index in [1.165, 1.54) is 58.2 Å². The zero-order chi connectivity index (χ0) is 18.6. The smallest absolute Gasteiger partial charge is 0.188 e. The van der Waals surface area contributed by atoms with Crippen molar-refractivity contribution in [2.45, 2.75) is 58.5 Å². The van der Waals surface area contributed by atoms with Crippen molar-refractivity contribution in [2.24, 2.45) is 23.2 Å². The molecule has 4 bridgehead atoms. The van der Waals surface area contributed by atoms with E-state index >= 15 is 0 Å². The number of hydrazine groups is 1. The van der Waals surface area contributed by atoms with Crippen LogP contribution in [0.5, 0.6) is 0 Å². The van der Waals surface area contributed by atoms with Crippen LogP contribution in [-0.4, -0.2) is 76.9 Å². The summed E-state index contributed by atoms with van der Waals surface area (Å²) in [6.07, 6.45) is 9.24. The van der Waals surface area contributed by atoms with E-state index < -0.39 is 0 Å². The molecule has 2 aliphatic heterocycles. The maximum atomic E-state index is 5.96. The number of rotatable bonds is 5. The van der Waals surface area contributed by atoms with E-state index in [4.69, 9.17) is 12.2 Å². The SMILES string of the molecule is CCN1CCN(CN2NC(C34CC5CC(CC(C5)C3)C4)N(CC)C2=S)CC1. The fourth-order valence-electron chi connectivity index (χ4n) is 7.38. The zero-order valence-corrected chi connectivity index (χ0v) is 18.0. The van der Waals surface area contributed by atoms with Gasteiger partial charge >= 0.3 is 0 Å². The van der Waals surface area contributed by atoms with Gasteiger partial charge in [-0.3, -0.25) is 9.91 Å². The molecule has 2 heterocycles. The Balaban J connectivity index is 1.29. The van der Waals surface area contributed by atoms with Crippen molar-refractivity contribution < 1.29 is 0 Å². The molecule has 152 valence electrons. The van der Waals surface area contributed by atoms with E-state index in [1.807, 2.05) is 0 Å². The predicted molar refractivity (Wildman–Crippen MR) is 113 cm³/mol. The Kier molecular flexibility index (Phi) is 4.90. The summed E-state index contributed by atoms with van der Waals surface area (Å²) in [5.41, 5.74) is 4.40. The number of thiocarbonyl (C=S) groups is 1. The molecule has 4 saturated carbocycles. The minimum absolute atomic E-state index is 0.431. The second-order valence-corrected chi connectivity index (χ2v) is 10.4. The quantitative estimate of drug-likeness (QED) is 0.724. The van der Waals surface area contributed by atoms with Crippen LogP contribution in [0.15, 0.2) is 0 Å². The maximum absolute atomic E-state index is 5.96. The van der Waals surface area contributed by atoms with Gasteiger partial charge in [-0.1, -0.05) is 6.92 Å². The van der Waals surface area contributed by atoms with Crippen LogP contribution < -0.4 is 5.43 Å². The molecule has 6 aliphatic rings. The Morgan fingerprint density at radius 3 is 1.96 bits per heavy atom. The molecule has 1 unspecified atom stereocenters. The van der Waals surface area contributed by atoms with Gasteiger partial charge in [-0.25, -0.2) is 5.43 Å². The molecule has 0 aromatic rings. The number of hydrogen-bond donors (Lipinski definition) is 1. The summed E-state index contributed by atoms with van der Waals surface area (Å²) in [6, 6.07) is 0. The number of hydrogen-bond acceptors (Lipinski definition) is 4. The van der Waals surface area contributed by atoms with Crippen LogP contribution in [0.2, 0.25) is 0 Å². The fourth-order valence-corrected chi connectivity index (χ4v) is 7.73. The van der Waals surface area contributed by atoms with E-state index in [0.29, 0.717) is 11.6 Å². The number of nitrogens with zero attached hydrogens (tertiary/aromatic N) is 4. The summed E-state index contributed by atoms with van der Waals surface area (Å²) < 4.78 is 0. The molecular formula is C21H37N5S. The molecule has 6 heteroatoms. The Morgan fingerprint density at radius 2 is 1.44 bits per heavy atom. The van der Waals surface area contributed by atoms with Gasteiger partial charge in [0.2, 0.25) is 0 Å². The molecule has 0 amide bonds. The lowest BCUT2D eigenvalue weighted by Gasteiger charge is -2.59. The summed E-state index contributed by atoms with van der Waals surface area (Å²) >= 11 is 5.96. The van der Waals surface area contributed by atoms with E-state index in [1.54, 1.807) is 0 Å². The Morgan fingerprint density at radius 1 is 0.889 bits per heavy atom. The lowest BCUT2D eigenvalue weighted by atomic mass is 9.48. The first kappa shape index (κ1) is 18.6. The van der Waals surface area contributed by atoms with Crippen molar-refractivity contribution in [1.82, 2.24) is 25.1 Å². The summed E-state index contributed by atoms with van der Waals surface area (Å²) in [5, 5.41) is 3.35. The van der Waals surface area contributed by atoms with Crippen LogP contribution in [-0.2, 0) is 0 Å². The summed E-state index contributed by atoms with van der Waals surface area (Å²) in [4.78, 5) is 7.63. The first-order valence-corrected chi connectivity index (χ1v) is 11.8. The highest BCUT2D eigenvalue weighted by atomic mass is 32.1. The van der Waals surface area contributed by atoms with Gasteiger partial charge in [-0.05, 0) is 82.0 Å². The first-order valence-electron chi connectivity index (χ1n) is 11.4. The largest absolute Gasteiger partial charge is 0.331 e. The van der Waals surface area contributed by atoms with Crippen LogP contribution >= 0.6 is 12.2 Å². The molecule has 0 aromatic carbocycles. The summed E-state index contributed by atoms with van der Waals surface area (Å²) in [6.45, 7) is 12.4. The summed E-state index contributed by atoms with van der Waals surface area (Å²) in [7, 11) is 0. The van der Waals surface area contributed by atoms with Gasteiger partial charge in [0.05, 0.1) is 6.67 Å². The highest BCUT2D eigenvalue weighted by Gasteiger charge is 2.57. The number of piperazine rings is 1. The van der Waals surface area contributed by atoms with Crippen molar-refractivity contribution in [3.05, 3.63) is 0 Å². The molecule has 2 saturated heterocycles. The Labute approximate surface area is 170 Å². The molecule has 27 heavy (non-hydrogen) atoms. The van der Waals surface area contributed by atoms with Gasteiger partial charge < -0.3 is 9.80 Å². The molecule has 0 spiro atoms. The van der Waals surface area contributed by atoms with E-state index in [-0.39, 0.29) is 0 Å². The third-order valence-electron chi connectivity index (χ3n) is 8.33. The predicted octanol–water partition coefficient (Wildman–Crippen LogP) is 2.55. The van der Waals surface area contributed by atoms with Crippen molar-refractivity contribution in [3.8, 4) is 0 Å². The second-order valence-electron chi connectivity index (χ2n) is 10.0. The molecule has 4 aliphatic carbocycles. The highest BCUT2D eigenvalue weighted by Crippen LogP contribution is 2.62. The van der Waals surface area contributed by atoms with Gasteiger partial charge in [-0.15, -0.1) is 0 Å². The van der Waals surface area contributed by atoms with Crippen LogP contribution in [0.4, 0.5) is 0 Å². The molecular weight excluding hydrogens is 354 g/mol. The average molecular weight is 392 g/mol. The van der Waals surface area contributed by atoms with Crippen LogP contribution in [0.25, 0.3) is 0 Å². The average Bonchev–Trinajstić information content (AvgIpc) is 2.98. The lowest BCUT2D eigenvalue weighted by molar-refractivity contribution is -0.0979. The molecule has 1 atom stereocenters. The van der Waals surface area contributed by atoms with E-state index in [9.17, 15) is 0 Å². The minimum Gasteiger partial charge on any atom is -0.331 e. The lowest BCUT2D eigenvalue weighted by Crippen LogP contribution is -2.59. The van der Waals surface area contributed by atoms with Crippen LogP contribution in [0, 0.1) is 23.2 Å². The molecule has 0 aromatic heterocycles. The topological polar surface area (TPSA) is 25.0 Å². The normalized spacial score (nSPS) is 42.5. The third-order valence-corrected chi connectivity index (χ3v) is 8.78. The fraction of sp³-hybridized carbons (Fsp3) is 0.952. The van der Waals surface area contributed by atoms with Crippen molar-refractivity contribution in [2.75, 3.05) is 45.9 Å². The molecule has 6 fully saturated rings. The van der Waals surface area contributed by atoms with Gasteiger partial charge in [0.15, 0.2) is 5.11 Å². The van der Waals surface area contributed by atoms with Crippen molar-refractivity contribution in [3.63, 3.8) is 0 Å². The summed E-state index contributed by atoms with van der Waals surface area (Å²) in [5.74, 6) is 2.96. The molecule has 0 radical (unpaired) electrons. The highest BCUT2D eigenvalue weighted by molar-refractivity contribution is 7.80. The van der Waals surface area contributed by atoms with Gasteiger partial charge in [0.25, 0.3) is 0 Å². The van der Waals surface area contributed by atoms with Crippen molar-refractivity contribution >= 4 is 17.3 Å². The number of likely N-dealkylation sites (N-methyl/N-ethyl adjacent to an activating group) is 1. The maximum Gasteiger partial charge on any atom is 0.188 e. The van der Waals surface area contributed by atoms with Gasteiger partial charge in [0, 0.05) is 38.1 Å². The first-order chi connectivity index (χ1) is 13.1. The molecule has 1 N–H and O–H groups in total. The molecule has 6 rings (SSSR count). The second kappa shape index (κ2) is 7.12. The van der Waals surface area contributed by atoms with E-state index in [2.05, 4.69) is 39.0 Å².